The van der Waals surface area contributed by atoms with Gasteiger partial charge < -0.3 is 0 Å². The summed E-state index contributed by atoms with van der Waals surface area (Å²) in [6, 6.07) is 13.9. The van der Waals surface area contributed by atoms with Crippen molar-refractivity contribution in [1.82, 2.24) is 0 Å². The molecule has 3 rings (SSSR count). The average molecular weight is 290 g/mol. The van der Waals surface area contributed by atoms with Crippen LogP contribution in [0.3, 0.4) is 0 Å². The van der Waals surface area contributed by atoms with E-state index in [9.17, 15) is 8.60 Å². The molecule has 19 heavy (non-hydrogen) atoms. The maximum atomic E-state index is 12.8. The van der Waals surface area contributed by atoms with Gasteiger partial charge in [0.05, 0.1) is 16.6 Å². The van der Waals surface area contributed by atoms with Gasteiger partial charge >= 0.3 is 0 Å². The van der Waals surface area contributed by atoms with Crippen molar-refractivity contribution in [1.29, 1.82) is 0 Å². The molecule has 96 valence electrons. The molecule has 0 aliphatic heterocycles. The minimum atomic E-state index is -1.14. The van der Waals surface area contributed by atoms with E-state index < -0.39 is 10.8 Å². The second kappa shape index (κ2) is 5.23. The molecule has 3 aromatic rings. The van der Waals surface area contributed by atoms with E-state index in [4.69, 9.17) is 0 Å². The molecule has 0 radical (unpaired) electrons. The lowest BCUT2D eigenvalue weighted by Crippen LogP contribution is -1.95. The summed E-state index contributed by atoms with van der Waals surface area (Å²) in [5.74, 6) is 0.164. The highest BCUT2D eigenvalue weighted by atomic mass is 32.2. The number of hydrogen-bond donors (Lipinski definition) is 0. The summed E-state index contributed by atoms with van der Waals surface area (Å²) < 4.78 is 26.3. The molecular weight excluding hydrogens is 279 g/mol. The van der Waals surface area contributed by atoms with Crippen molar-refractivity contribution in [3.8, 4) is 0 Å². The Morgan fingerprint density at radius 3 is 2.58 bits per heavy atom. The standard InChI is InChI=1S/C15H11FOS2/c16-12-5-7-13(8-6-12)19(17)10-11-9-18-15-4-2-1-3-14(11)15/h1-9H,10H2. The SMILES string of the molecule is O=S(Cc1csc2ccccc12)c1ccc(F)cc1. The van der Waals surface area contributed by atoms with Crippen LogP contribution < -0.4 is 0 Å². The maximum Gasteiger partial charge on any atom is 0.123 e. The molecule has 1 unspecified atom stereocenters. The summed E-state index contributed by atoms with van der Waals surface area (Å²) in [5.41, 5.74) is 1.09. The number of halogens is 1. The third kappa shape index (κ3) is 2.60. The fourth-order valence-electron chi connectivity index (χ4n) is 1.96. The monoisotopic (exact) mass is 290 g/mol. The fourth-order valence-corrected chi connectivity index (χ4v) is 4.15. The zero-order chi connectivity index (χ0) is 13.2. The van der Waals surface area contributed by atoms with Crippen molar-refractivity contribution in [2.45, 2.75) is 10.6 Å². The molecule has 0 fully saturated rings. The van der Waals surface area contributed by atoms with Gasteiger partial charge in [0.1, 0.15) is 5.82 Å². The predicted octanol–water partition coefficient (Wildman–Crippen LogP) is 4.35. The van der Waals surface area contributed by atoms with Crippen molar-refractivity contribution in [2.24, 2.45) is 0 Å². The van der Waals surface area contributed by atoms with Crippen molar-refractivity contribution in [3.63, 3.8) is 0 Å². The van der Waals surface area contributed by atoms with Crippen LogP contribution in [0.4, 0.5) is 4.39 Å². The van der Waals surface area contributed by atoms with Crippen LogP contribution in [0.2, 0.25) is 0 Å². The molecule has 0 aliphatic rings. The second-order valence-corrected chi connectivity index (χ2v) is 6.56. The Kier molecular flexibility index (Phi) is 3.44. The van der Waals surface area contributed by atoms with E-state index in [-0.39, 0.29) is 5.82 Å². The van der Waals surface area contributed by atoms with Crippen molar-refractivity contribution >= 4 is 32.2 Å². The number of fused-ring (bicyclic) bond motifs is 1. The van der Waals surface area contributed by atoms with Crippen molar-refractivity contribution in [3.05, 3.63) is 65.3 Å². The second-order valence-electron chi connectivity index (χ2n) is 4.20. The normalized spacial score (nSPS) is 12.7. The Morgan fingerprint density at radius 1 is 1.05 bits per heavy atom. The lowest BCUT2D eigenvalue weighted by Gasteiger charge is -2.01. The minimum absolute atomic E-state index is 0.304. The third-order valence-electron chi connectivity index (χ3n) is 2.92. The van der Waals surface area contributed by atoms with Gasteiger partial charge in [-0.1, -0.05) is 18.2 Å². The molecule has 0 aliphatic carbocycles. The fraction of sp³-hybridized carbons (Fsp3) is 0.0667. The van der Waals surface area contributed by atoms with Gasteiger partial charge in [0.15, 0.2) is 0 Å². The zero-order valence-electron chi connectivity index (χ0n) is 10.0. The Morgan fingerprint density at radius 2 is 1.79 bits per heavy atom. The van der Waals surface area contributed by atoms with Gasteiger partial charge in [-0.3, -0.25) is 4.21 Å². The number of thiophene rings is 1. The quantitative estimate of drug-likeness (QED) is 0.701. The highest BCUT2D eigenvalue weighted by Crippen LogP contribution is 2.27. The molecule has 4 heteroatoms. The Labute approximate surface area is 117 Å². The summed E-state index contributed by atoms with van der Waals surface area (Å²) in [7, 11) is -1.14. The van der Waals surface area contributed by atoms with Gasteiger partial charge in [-0.25, -0.2) is 4.39 Å². The highest BCUT2D eigenvalue weighted by molar-refractivity contribution is 7.84. The van der Waals surface area contributed by atoms with Crippen LogP contribution in [0.25, 0.3) is 10.1 Å². The smallest absolute Gasteiger partial charge is 0.123 e. The molecular formula is C15H11FOS2. The van der Waals surface area contributed by atoms with Crippen LogP contribution in [-0.4, -0.2) is 4.21 Å². The Bertz CT molecular complexity index is 731. The van der Waals surface area contributed by atoms with Crippen LogP contribution in [0, 0.1) is 5.82 Å². The van der Waals surface area contributed by atoms with Crippen LogP contribution >= 0.6 is 11.3 Å². The summed E-state index contributed by atoms with van der Waals surface area (Å²) in [6.45, 7) is 0. The first-order valence-electron chi connectivity index (χ1n) is 5.83. The number of benzene rings is 2. The van der Waals surface area contributed by atoms with Crippen molar-refractivity contribution < 1.29 is 8.60 Å². The molecule has 1 atom stereocenters. The van der Waals surface area contributed by atoms with E-state index in [1.54, 1.807) is 23.5 Å². The maximum absolute atomic E-state index is 12.8. The van der Waals surface area contributed by atoms with E-state index in [1.165, 1.54) is 16.8 Å². The molecule has 1 heterocycles. The first-order valence-corrected chi connectivity index (χ1v) is 8.03. The third-order valence-corrected chi connectivity index (χ3v) is 5.31. The molecule has 0 amide bonds. The number of rotatable bonds is 3. The lowest BCUT2D eigenvalue weighted by atomic mass is 10.2. The Balaban J connectivity index is 1.89. The van der Waals surface area contributed by atoms with Gasteiger partial charge in [-0.15, -0.1) is 11.3 Å². The van der Waals surface area contributed by atoms with Crippen LogP contribution in [-0.2, 0) is 16.6 Å². The van der Waals surface area contributed by atoms with Crippen LogP contribution in [0.15, 0.2) is 58.8 Å². The highest BCUT2D eigenvalue weighted by Gasteiger charge is 2.09. The van der Waals surface area contributed by atoms with E-state index in [2.05, 4.69) is 6.07 Å². The lowest BCUT2D eigenvalue weighted by molar-refractivity contribution is 0.626. The Hall–Kier alpha value is -1.52. The summed E-state index contributed by atoms with van der Waals surface area (Å²) in [4.78, 5) is 0.664. The topological polar surface area (TPSA) is 17.1 Å². The predicted molar refractivity (Wildman–Crippen MR) is 78.3 cm³/mol. The molecule has 0 saturated heterocycles. The minimum Gasteiger partial charge on any atom is -0.254 e. The van der Waals surface area contributed by atoms with E-state index in [0.717, 1.165) is 10.9 Å². The first-order chi connectivity index (χ1) is 9.24. The largest absolute Gasteiger partial charge is 0.254 e. The number of hydrogen-bond acceptors (Lipinski definition) is 2. The van der Waals surface area contributed by atoms with Gasteiger partial charge in [0, 0.05) is 9.60 Å². The molecule has 1 aromatic heterocycles. The van der Waals surface area contributed by atoms with Gasteiger partial charge in [-0.2, -0.15) is 0 Å². The molecule has 0 spiro atoms. The van der Waals surface area contributed by atoms with Crippen LogP contribution in [0.1, 0.15) is 5.56 Å². The van der Waals surface area contributed by atoms with E-state index in [0.29, 0.717) is 10.6 Å². The summed E-state index contributed by atoms with van der Waals surface area (Å²) in [5, 5.41) is 3.20. The van der Waals surface area contributed by atoms with Gasteiger partial charge in [0.25, 0.3) is 0 Å². The molecule has 0 saturated carbocycles. The molecule has 0 bridgehead atoms. The van der Waals surface area contributed by atoms with Gasteiger partial charge in [-0.05, 0) is 46.7 Å². The molecule has 2 aromatic carbocycles. The van der Waals surface area contributed by atoms with Gasteiger partial charge in [0.2, 0.25) is 0 Å². The molecule has 1 nitrogen and oxygen atoms in total. The summed E-state index contributed by atoms with van der Waals surface area (Å²) >= 11 is 1.66. The summed E-state index contributed by atoms with van der Waals surface area (Å²) in [6.07, 6.45) is 0. The van der Waals surface area contributed by atoms with Crippen LogP contribution in [0.5, 0.6) is 0 Å². The average Bonchev–Trinajstić information content (AvgIpc) is 2.83. The first kappa shape index (κ1) is 12.5. The zero-order valence-corrected chi connectivity index (χ0v) is 11.6. The molecule has 0 N–H and O–H groups in total. The van der Waals surface area contributed by atoms with E-state index >= 15 is 0 Å². The van der Waals surface area contributed by atoms with Crippen molar-refractivity contribution in [2.75, 3.05) is 0 Å². The van der Waals surface area contributed by atoms with E-state index in [1.807, 2.05) is 23.6 Å².